The Bertz CT molecular complexity index is 1040. The molecule has 0 unspecified atom stereocenters. The van der Waals surface area contributed by atoms with Gasteiger partial charge in [-0.15, -0.1) is 11.3 Å². The number of ether oxygens (including phenoxy) is 1. The van der Waals surface area contributed by atoms with Crippen molar-refractivity contribution >= 4 is 28.7 Å². The van der Waals surface area contributed by atoms with Crippen molar-refractivity contribution in [3.05, 3.63) is 64.2 Å². The van der Waals surface area contributed by atoms with Crippen LogP contribution in [-0.4, -0.2) is 23.3 Å². The van der Waals surface area contributed by atoms with Gasteiger partial charge < -0.3 is 10.1 Å². The van der Waals surface area contributed by atoms with Crippen molar-refractivity contribution in [2.75, 3.05) is 11.9 Å². The number of nitrogens with zero attached hydrogens (tertiary/aromatic N) is 1. The number of aryl methyl sites for hydroxylation is 3. The fraction of sp³-hybridized carbons (Fsp3) is 0.261. The predicted octanol–water partition coefficient (Wildman–Crippen LogP) is 5.21. The van der Waals surface area contributed by atoms with Crippen LogP contribution in [0.3, 0.4) is 0 Å². The van der Waals surface area contributed by atoms with Gasteiger partial charge in [-0.05, 0) is 55.7 Å². The molecule has 0 saturated heterocycles. The Morgan fingerprint density at radius 3 is 2.45 bits per heavy atom. The van der Waals surface area contributed by atoms with Gasteiger partial charge in [-0.25, -0.2) is 4.98 Å². The first-order valence-corrected chi connectivity index (χ1v) is 10.3. The van der Waals surface area contributed by atoms with Gasteiger partial charge in [0.15, 0.2) is 12.4 Å². The van der Waals surface area contributed by atoms with Crippen molar-refractivity contribution in [3.63, 3.8) is 0 Å². The van der Waals surface area contributed by atoms with E-state index in [4.69, 9.17) is 4.74 Å². The van der Waals surface area contributed by atoms with Crippen LogP contribution in [0, 0.1) is 13.8 Å². The molecular weight excluding hydrogens is 384 g/mol. The molecule has 5 nitrogen and oxygen atoms in total. The lowest BCUT2D eigenvalue weighted by atomic mass is 10.1. The number of ketones is 1. The second kappa shape index (κ2) is 9.01. The molecule has 3 aromatic rings. The van der Waals surface area contributed by atoms with Crippen LogP contribution in [0.1, 0.15) is 40.3 Å². The molecule has 1 N–H and O–H groups in total. The number of para-hydroxylation sites is 1. The highest BCUT2D eigenvalue weighted by Crippen LogP contribution is 2.29. The van der Waals surface area contributed by atoms with E-state index >= 15 is 0 Å². The van der Waals surface area contributed by atoms with E-state index in [9.17, 15) is 9.59 Å². The van der Waals surface area contributed by atoms with Gasteiger partial charge in [-0.2, -0.15) is 0 Å². The van der Waals surface area contributed by atoms with Gasteiger partial charge in [-0.1, -0.05) is 25.1 Å². The Morgan fingerprint density at radius 1 is 1.10 bits per heavy atom. The number of Topliss-reactive ketones (excluding diaryl/α,β-unsaturated/α-hetero) is 1. The van der Waals surface area contributed by atoms with Crippen LogP contribution in [0.5, 0.6) is 5.75 Å². The van der Waals surface area contributed by atoms with Gasteiger partial charge in [0.25, 0.3) is 5.91 Å². The molecule has 0 aliphatic heterocycles. The summed E-state index contributed by atoms with van der Waals surface area (Å²) in [4.78, 5) is 29.1. The van der Waals surface area contributed by atoms with Crippen molar-refractivity contribution in [3.8, 4) is 16.3 Å². The van der Waals surface area contributed by atoms with Gasteiger partial charge in [0, 0.05) is 18.2 Å². The fourth-order valence-electron chi connectivity index (χ4n) is 3.07. The summed E-state index contributed by atoms with van der Waals surface area (Å²) in [5.74, 6) is 0.432. The molecule has 0 radical (unpaired) electrons. The predicted molar refractivity (Wildman–Crippen MR) is 117 cm³/mol. The molecule has 0 fully saturated rings. The molecule has 6 heteroatoms. The highest BCUT2D eigenvalue weighted by atomic mass is 32.1. The minimum absolute atomic E-state index is 0.0251. The molecule has 29 heavy (non-hydrogen) atoms. The summed E-state index contributed by atoms with van der Waals surface area (Å²) in [6.07, 6.45) is 0.848. The maximum atomic E-state index is 12.3. The third-order valence-electron chi connectivity index (χ3n) is 4.59. The SMILES string of the molecule is CCc1cccc(C)c1NC(=O)COc1ccc(-c2nc(C)c(C(C)=O)s2)cc1. The normalized spacial score (nSPS) is 10.6. The fourth-order valence-corrected chi connectivity index (χ4v) is 4.03. The van der Waals surface area contributed by atoms with Crippen molar-refractivity contribution in [2.45, 2.75) is 34.1 Å². The van der Waals surface area contributed by atoms with Crippen LogP contribution in [-0.2, 0) is 11.2 Å². The van der Waals surface area contributed by atoms with E-state index in [1.54, 1.807) is 19.1 Å². The van der Waals surface area contributed by atoms with Gasteiger partial charge >= 0.3 is 0 Å². The summed E-state index contributed by atoms with van der Waals surface area (Å²) >= 11 is 1.39. The van der Waals surface area contributed by atoms with Gasteiger partial charge in [0.1, 0.15) is 10.8 Å². The van der Waals surface area contributed by atoms with E-state index < -0.39 is 0 Å². The van der Waals surface area contributed by atoms with Crippen LogP contribution in [0.4, 0.5) is 5.69 Å². The summed E-state index contributed by atoms with van der Waals surface area (Å²) in [6.45, 7) is 7.36. The summed E-state index contributed by atoms with van der Waals surface area (Å²) < 4.78 is 5.63. The number of carbonyl (C=O) groups is 2. The third-order valence-corrected chi connectivity index (χ3v) is 5.90. The van der Waals surface area contributed by atoms with E-state index in [-0.39, 0.29) is 18.3 Å². The number of aromatic nitrogens is 1. The molecule has 0 aliphatic rings. The first-order chi connectivity index (χ1) is 13.9. The monoisotopic (exact) mass is 408 g/mol. The number of nitrogens with one attached hydrogen (secondary N) is 1. The molecule has 0 aliphatic carbocycles. The Kier molecular flexibility index (Phi) is 6.44. The lowest BCUT2D eigenvalue weighted by Gasteiger charge is -2.13. The molecule has 3 rings (SSSR count). The summed E-state index contributed by atoms with van der Waals surface area (Å²) in [5.41, 5.74) is 4.66. The number of amides is 1. The lowest BCUT2D eigenvalue weighted by Crippen LogP contribution is -2.21. The summed E-state index contributed by atoms with van der Waals surface area (Å²) in [7, 11) is 0. The Labute approximate surface area is 174 Å². The first-order valence-electron chi connectivity index (χ1n) is 9.49. The number of benzene rings is 2. The highest BCUT2D eigenvalue weighted by Gasteiger charge is 2.13. The van der Waals surface area contributed by atoms with Gasteiger partial charge in [-0.3, -0.25) is 9.59 Å². The highest BCUT2D eigenvalue weighted by molar-refractivity contribution is 7.17. The van der Waals surface area contributed by atoms with E-state index in [1.807, 2.05) is 44.2 Å². The number of hydrogen-bond acceptors (Lipinski definition) is 5. The van der Waals surface area contributed by atoms with Crippen molar-refractivity contribution in [1.29, 1.82) is 0 Å². The standard InChI is InChI=1S/C23H24N2O3S/c1-5-17-8-6-7-14(2)21(17)25-20(27)13-28-19-11-9-18(10-12-19)23-24-15(3)22(29-23)16(4)26/h6-12H,5,13H2,1-4H3,(H,25,27). The van der Waals surface area contributed by atoms with Crippen LogP contribution in [0.2, 0.25) is 0 Å². The molecule has 1 heterocycles. The third kappa shape index (κ3) is 4.90. The second-order valence-corrected chi connectivity index (χ2v) is 7.81. The molecule has 1 amide bonds. The Morgan fingerprint density at radius 2 is 1.83 bits per heavy atom. The number of rotatable bonds is 7. The van der Waals surface area contributed by atoms with Crippen LogP contribution < -0.4 is 10.1 Å². The molecule has 0 atom stereocenters. The molecule has 0 spiro atoms. The van der Waals surface area contributed by atoms with Crippen molar-refractivity contribution in [1.82, 2.24) is 4.98 Å². The zero-order valence-electron chi connectivity index (χ0n) is 17.0. The minimum Gasteiger partial charge on any atom is -0.484 e. The lowest BCUT2D eigenvalue weighted by molar-refractivity contribution is -0.118. The molecule has 150 valence electrons. The average Bonchev–Trinajstić information content (AvgIpc) is 3.10. The van der Waals surface area contributed by atoms with Crippen LogP contribution in [0.25, 0.3) is 10.6 Å². The zero-order chi connectivity index (χ0) is 21.0. The summed E-state index contributed by atoms with van der Waals surface area (Å²) in [5, 5.41) is 3.75. The van der Waals surface area contributed by atoms with E-state index in [2.05, 4.69) is 17.2 Å². The Hall–Kier alpha value is -2.99. The zero-order valence-corrected chi connectivity index (χ0v) is 17.9. The van der Waals surface area contributed by atoms with Crippen LogP contribution in [0.15, 0.2) is 42.5 Å². The van der Waals surface area contributed by atoms with Crippen molar-refractivity contribution in [2.24, 2.45) is 0 Å². The summed E-state index contributed by atoms with van der Waals surface area (Å²) in [6, 6.07) is 13.4. The Balaban J connectivity index is 1.63. The number of thiazole rings is 1. The first kappa shape index (κ1) is 20.7. The quantitative estimate of drug-likeness (QED) is 0.545. The number of carbonyl (C=O) groups excluding carboxylic acids is 2. The van der Waals surface area contributed by atoms with E-state index in [0.717, 1.165) is 39.5 Å². The molecular formula is C23H24N2O3S. The number of hydrogen-bond donors (Lipinski definition) is 1. The van der Waals surface area contributed by atoms with Gasteiger partial charge in [0.2, 0.25) is 0 Å². The maximum absolute atomic E-state index is 12.3. The van der Waals surface area contributed by atoms with Crippen molar-refractivity contribution < 1.29 is 14.3 Å². The molecule has 1 aromatic heterocycles. The topological polar surface area (TPSA) is 68.3 Å². The van der Waals surface area contributed by atoms with E-state index in [0.29, 0.717) is 10.6 Å². The number of anilines is 1. The molecule has 0 bridgehead atoms. The average molecular weight is 409 g/mol. The molecule has 0 saturated carbocycles. The smallest absolute Gasteiger partial charge is 0.262 e. The van der Waals surface area contributed by atoms with Crippen LogP contribution >= 0.6 is 11.3 Å². The largest absolute Gasteiger partial charge is 0.484 e. The minimum atomic E-state index is -0.195. The van der Waals surface area contributed by atoms with Gasteiger partial charge in [0.05, 0.1) is 10.6 Å². The van der Waals surface area contributed by atoms with E-state index in [1.165, 1.54) is 11.3 Å². The maximum Gasteiger partial charge on any atom is 0.262 e. The molecule has 2 aromatic carbocycles. The second-order valence-electron chi connectivity index (χ2n) is 6.81.